The monoisotopic (exact) mass is 389 g/mol. The van der Waals surface area contributed by atoms with Crippen LogP contribution in [0.15, 0.2) is 21.2 Å². The molecule has 0 amide bonds. The lowest BCUT2D eigenvalue weighted by Gasteiger charge is -2.32. The van der Waals surface area contributed by atoms with Crippen LogP contribution in [0.4, 0.5) is 0 Å². The summed E-state index contributed by atoms with van der Waals surface area (Å²) in [5, 5.41) is 3.63. The van der Waals surface area contributed by atoms with Gasteiger partial charge in [-0.05, 0) is 76.8 Å². The third-order valence-corrected chi connectivity index (χ3v) is 4.69. The van der Waals surface area contributed by atoms with E-state index in [9.17, 15) is 0 Å². The van der Waals surface area contributed by atoms with E-state index in [0.717, 1.165) is 21.2 Å². The van der Waals surface area contributed by atoms with Crippen molar-refractivity contribution in [2.24, 2.45) is 0 Å². The third kappa shape index (κ3) is 4.81. The van der Waals surface area contributed by atoms with Crippen molar-refractivity contribution in [1.29, 1.82) is 0 Å². The quantitative estimate of drug-likeness (QED) is 0.832. The zero-order valence-corrected chi connectivity index (χ0v) is 14.5. The van der Waals surface area contributed by atoms with E-state index >= 15 is 0 Å². The van der Waals surface area contributed by atoms with Gasteiger partial charge in [-0.2, -0.15) is 0 Å². The summed E-state index contributed by atoms with van der Waals surface area (Å²) < 4.78 is 2.08. The smallest absolute Gasteiger partial charge is 0.0684 e. The zero-order valence-electron chi connectivity index (χ0n) is 11.3. The van der Waals surface area contributed by atoms with Gasteiger partial charge in [-0.3, -0.25) is 4.98 Å². The van der Waals surface area contributed by atoms with E-state index in [0.29, 0.717) is 6.04 Å². The van der Waals surface area contributed by atoms with Crippen LogP contribution in [0.3, 0.4) is 0 Å². The molecule has 0 bridgehead atoms. The molecule has 0 aromatic carbocycles. The predicted octanol–water partition coefficient (Wildman–Crippen LogP) is 3.57. The maximum atomic E-state index is 4.44. The fourth-order valence-electron chi connectivity index (χ4n) is 2.49. The minimum absolute atomic E-state index is 0.630. The van der Waals surface area contributed by atoms with Crippen LogP contribution in [0, 0.1) is 0 Å². The second-order valence-electron chi connectivity index (χ2n) is 5.08. The van der Waals surface area contributed by atoms with Crippen LogP contribution in [0.2, 0.25) is 0 Å². The van der Waals surface area contributed by atoms with E-state index in [1.54, 1.807) is 0 Å². The molecule has 1 aliphatic rings. The molecule has 0 radical (unpaired) electrons. The van der Waals surface area contributed by atoms with Crippen molar-refractivity contribution in [2.75, 3.05) is 19.6 Å². The zero-order chi connectivity index (χ0) is 13.7. The number of hydrogen-bond acceptors (Lipinski definition) is 3. The van der Waals surface area contributed by atoms with Crippen molar-refractivity contribution in [2.45, 2.75) is 38.8 Å². The Balaban J connectivity index is 1.77. The van der Waals surface area contributed by atoms with Gasteiger partial charge in [-0.25, -0.2) is 0 Å². The molecule has 0 unspecified atom stereocenters. The number of halogens is 2. The number of pyridine rings is 1. The number of nitrogens with one attached hydrogen (secondary N) is 1. The highest BCUT2D eigenvalue weighted by atomic mass is 79.9. The molecule has 0 spiro atoms. The van der Waals surface area contributed by atoms with E-state index in [1.165, 1.54) is 38.9 Å². The van der Waals surface area contributed by atoms with Gasteiger partial charge < -0.3 is 10.2 Å². The molecular weight excluding hydrogens is 370 g/mol. The number of piperidine rings is 1. The normalized spacial score (nSPS) is 17.8. The van der Waals surface area contributed by atoms with E-state index < -0.39 is 0 Å². The van der Waals surface area contributed by atoms with Crippen LogP contribution >= 0.6 is 31.9 Å². The van der Waals surface area contributed by atoms with Crippen molar-refractivity contribution in [3.63, 3.8) is 0 Å². The molecule has 19 heavy (non-hydrogen) atoms. The van der Waals surface area contributed by atoms with Gasteiger partial charge in [0, 0.05) is 27.7 Å². The Hall–Kier alpha value is 0.0300. The largest absolute Gasteiger partial charge is 0.308 e. The van der Waals surface area contributed by atoms with Gasteiger partial charge in [0.25, 0.3) is 0 Å². The number of aromatic nitrogens is 1. The lowest BCUT2D eigenvalue weighted by Crippen LogP contribution is -2.42. The van der Waals surface area contributed by atoms with Gasteiger partial charge in [-0.1, -0.05) is 6.92 Å². The molecule has 106 valence electrons. The topological polar surface area (TPSA) is 28.2 Å². The van der Waals surface area contributed by atoms with E-state index in [4.69, 9.17) is 0 Å². The SMILES string of the molecule is CCCN1CCC(NCc2ncc(Br)cc2Br)CC1. The van der Waals surface area contributed by atoms with Crippen LogP contribution < -0.4 is 5.32 Å². The van der Waals surface area contributed by atoms with Gasteiger partial charge in [0.15, 0.2) is 0 Å². The van der Waals surface area contributed by atoms with E-state index in [1.807, 2.05) is 12.3 Å². The first kappa shape index (κ1) is 15.4. The lowest BCUT2D eigenvalue weighted by molar-refractivity contribution is 0.197. The molecule has 1 aromatic rings. The molecular formula is C14H21Br2N3. The second-order valence-corrected chi connectivity index (χ2v) is 6.85. The highest BCUT2D eigenvalue weighted by molar-refractivity contribution is 9.11. The average Bonchev–Trinajstić information content (AvgIpc) is 2.40. The minimum atomic E-state index is 0.630. The molecule has 1 aromatic heterocycles. The van der Waals surface area contributed by atoms with Crippen LogP contribution in [0.1, 0.15) is 31.9 Å². The van der Waals surface area contributed by atoms with Gasteiger partial charge in [0.1, 0.15) is 0 Å². The van der Waals surface area contributed by atoms with Gasteiger partial charge in [-0.15, -0.1) is 0 Å². The standard InChI is InChI=1S/C14H21Br2N3/c1-2-5-19-6-3-12(4-7-19)17-10-14-13(16)8-11(15)9-18-14/h8-9,12,17H,2-7,10H2,1H3. The van der Waals surface area contributed by atoms with Crippen molar-refractivity contribution in [3.8, 4) is 0 Å². The second kappa shape index (κ2) is 7.72. The molecule has 1 saturated heterocycles. The molecule has 0 saturated carbocycles. The molecule has 5 heteroatoms. The molecule has 1 fully saturated rings. The Morgan fingerprint density at radius 3 is 2.74 bits per heavy atom. The Kier molecular flexibility index (Phi) is 6.26. The first-order valence-corrected chi connectivity index (χ1v) is 8.53. The molecule has 1 aliphatic heterocycles. The maximum absolute atomic E-state index is 4.44. The van der Waals surface area contributed by atoms with Crippen LogP contribution in [-0.2, 0) is 6.54 Å². The fraction of sp³-hybridized carbons (Fsp3) is 0.643. The summed E-state index contributed by atoms with van der Waals surface area (Å²) in [6, 6.07) is 2.68. The lowest BCUT2D eigenvalue weighted by atomic mass is 10.0. The van der Waals surface area contributed by atoms with Gasteiger partial charge in [0.2, 0.25) is 0 Å². The molecule has 1 N–H and O–H groups in total. The van der Waals surface area contributed by atoms with E-state index in [2.05, 4.69) is 54.0 Å². The Morgan fingerprint density at radius 1 is 1.37 bits per heavy atom. The van der Waals surface area contributed by atoms with Crippen LogP contribution in [0.25, 0.3) is 0 Å². The van der Waals surface area contributed by atoms with Crippen molar-refractivity contribution in [3.05, 3.63) is 26.9 Å². The fourth-order valence-corrected chi connectivity index (χ4v) is 3.62. The molecule has 2 rings (SSSR count). The Morgan fingerprint density at radius 2 is 2.11 bits per heavy atom. The average molecular weight is 391 g/mol. The summed E-state index contributed by atoms with van der Waals surface area (Å²) in [6.45, 7) is 6.78. The highest BCUT2D eigenvalue weighted by Gasteiger charge is 2.18. The number of nitrogens with zero attached hydrogens (tertiary/aromatic N) is 2. The maximum Gasteiger partial charge on any atom is 0.0684 e. The van der Waals surface area contributed by atoms with Crippen LogP contribution in [-0.4, -0.2) is 35.6 Å². The summed E-state index contributed by atoms with van der Waals surface area (Å²) in [5.74, 6) is 0. The third-order valence-electron chi connectivity index (χ3n) is 3.57. The molecule has 2 heterocycles. The number of hydrogen-bond donors (Lipinski definition) is 1. The predicted molar refractivity (Wildman–Crippen MR) is 86.2 cm³/mol. The summed E-state index contributed by atoms with van der Waals surface area (Å²) in [6.07, 6.45) is 5.60. The van der Waals surface area contributed by atoms with Crippen LogP contribution in [0.5, 0.6) is 0 Å². The first-order chi connectivity index (χ1) is 9.19. The molecule has 0 aliphatic carbocycles. The van der Waals surface area contributed by atoms with Gasteiger partial charge in [0.05, 0.1) is 5.69 Å². The Labute approximate surface area is 132 Å². The number of likely N-dealkylation sites (tertiary alicyclic amines) is 1. The highest BCUT2D eigenvalue weighted by Crippen LogP contribution is 2.20. The van der Waals surface area contributed by atoms with Gasteiger partial charge >= 0.3 is 0 Å². The number of rotatable bonds is 5. The Bertz CT molecular complexity index is 404. The van der Waals surface area contributed by atoms with Crippen molar-refractivity contribution < 1.29 is 0 Å². The summed E-state index contributed by atoms with van der Waals surface area (Å²) in [4.78, 5) is 7.00. The summed E-state index contributed by atoms with van der Waals surface area (Å²) in [5.41, 5.74) is 1.08. The molecule has 3 nitrogen and oxygen atoms in total. The summed E-state index contributed by atoms with van der Waals surface area (Å²) in [7, 11) is 0. The van der Waals surface area contributed by atoms with Crippen molar-refractivity contribution in [1.82, 2.24) is 15.2 Å². The molecule has 0 atom stereocenters. The van der Waals surface area contributed by atoms with Crippen molar-refractivity contribution >= 4 is 31.9 Å². The first-order valence-electron chi connectivity index (χ1n) is 6.94. The summed E-state index contributed by atoms with van der Waals surface area (Å²) >= 11 is 6.99. The van der Waals surface area contributed by atoms with E-state index in [-0.39, 0.29) is 0 Å². The minimum Gasteiger partial charge on any atom is -0.308 e.